The van der Waals surface area contributed by atoms with E-state index in [1.807, 2.05) is 91.0 Å². The average Bonchev–Trinajstić information content (AvgIpc) is 3.96. The molecule has 8 rings (SSSR count). The van der Waals surface area contributed by atoms with Crippen molar-refractivity contribution in [2.45, 2.75) is 0 Å². The van der Waals surface area contributed by atoms with E-state index in [9.17, 15) is 0 Å². The predicted molar refractivity (Wildman–Crippen MR) is 159 cm³/mol. The molecule has 0 bridgehead atoms. The Morgan fingerprint density at radius 1 is 0.438 bits per heavy atom. The number of aromatic nitrogens is 6. The van der Waals surface area contributed by atoms with Crippen molar-refractivity contribution in [2.24, 2.45) is 0 Å². The molecule has 48 heavy (non-hydrogen) atoms. The molecular formula is C34H22Li4N6O4. The summed E-state index contributed by atoms with van der Waals surface area (Å²) in [6.07, 6.45) is 21.1. The fraction of sp³-hybridized carbons (Fsp3) is 0. The van der Waals surface area contributed by atoms with Gasteiger partial charge in [-0.2, -0.15) is 0 Å². The minimum Gasteiger partial charge on any atom is -0.581 e. The summed E-state index contributed by atoms with van der Waals surface area (Å²) in [5.74, 6) is 1.51. The van der Waals surface area contributed by atoms with Crippen LogP contribution in [0.15, 0.2) is 152 Å². The number of hydrogen-bond acceptors (Lipinski definition) is 10. The minimum absolute atomic E-state index is 0. The molecule has 0 atom stereocenters. The van der Waals surface area contributed by atoms with Gasteiger partial charge in [0.15, 0.2) is 0 Å². The van der Waals surface area contributed by atoms with Crippen LogP contribution in [0, 0.1) is 25.6 Å². The molecule has 0 spiro atoms. The molecule has 8 aromatic rings. The second-order valence-corrected chi connectivity index (χ2v) is 8.46. The van der Waals surface area contributed by atoms with Crippen LogP contribution in [-0.4, -0.2) is 29.9 Å². The Hall–Kier alpha value is -4.03. The van der Waals surface area contributed by atoms with E-state index in [1.54, 1.807) is 37.2 Å². The van der Waals surface area contributed by atoms with E-state index in [0.717, 1.165) is 39.6 Å². The van der Waals surface area contributed by atoms with Crippen LogP contribution in [0.5, 0.6) is 0 Å². The number of nitrogens with zero attached hydrogens (tertiary/aromatic N) is 6. The molecule has 14 heteroatoms. The normalized spacial score (nSPS) is 9.00. The molecule has 2 aromatic carbocycles. The van der Waals surface area contributed by atoms with Gasteiger partial charge in [-0.3, -0.25) is 9.97 Å². The number of pyridine rings is 2. The largest absolute Gasteiger partial charge is 1.00 e. The molecule has 0 radical (unpaired) electrons. The van der Waals surface area contributed by atoms with Crippen molar-refractivity contribution in [1.82, 2.24) is 29.9 Å². The van der Waals surface area contributed by atoms with Gasteiger partial charge in [0.05, 0.1) is 0 Å². The zero-order valence-corrected chi connectivity index (χ0v) is 27.0. The number of rotatable bonds is 4. The van der Waals surface area contributed by atoms with Crippen LogP contribution in [-0.2, 0) is 0 Å². The first kappa shape index (κ1) is 42.0. The van der Waals surface area contributed by atoms with Gasteiger partial charge in [0.25, 0.3) is 0 Å². The Morgan fingerprint density at radius 3 is 1.35 bits per heavy atom. The first-order chi connectivity index (χ1) is 21.9. The molecule has 10 nitrogen and oxygen atoms in total. The van der Waals surface area contributed by atoms with Crippen LogP contribution >= 0.6 is 0 Å². The first-order valence-corrected chi connectivity index (χ1v) is 13.1. The van der Waals surface area contributed by atoms with E-state index in [1.165, 1.54) is 6.26 Å². The molecule has 6 heterocycles. The zero-order valence-electron chi connectivity index (χ0n) is 27.0. The maximum atomic E-state index is 4.98. The van der Waals surface area contributed by atoms with Crippen molar-refractivity contribution < 1.29 is 93.1 Å². The topological polar surface area (TPSA) is 130 Å². The van der Waals surface area contributed by atoms with Crippen molar-refractivity contribution in [2.75, 3.05) is 0 Å². The third kappa shape index (κ3) is 13.6. The van der Waals surface area contributed by atoms with Gasteiger partial charge >= 0.3 is 75.4 Å². The summed E-state index contributed by atoms with van der Waals surface area (Å²) < 4.78 is 19.4. The molecule has 6 aromatic heterocycles. The molecular weight excluding hydrogens is 584 g/mol. The monoisotopic (exact) mass is 606 g/mol. The van der Waals surface area contributed by atoms with Crippen LogP contribution in [0.1, 0.15) is 0 Å². The van der Waals surface area contributed by atoms with Gasteiger partial charge in [-0.05, 0) is 59.7 Å². The smallest absolute Gasteiger partial charge is 0.581 e. The van der Waals surface area contributed by atoms with Gasteiger partial charge in [-0.1, -0.05) is 95.8 Å². The van der Waals surface area contributed by atoms with E-state index >= 15 is 0 Å². The number of hydrogen-bond donors (Lipinski definition) is 0. The summed E-state index contributed by atoms with van der Waals surface area (Å²) in [6, 6.07) is 29.0. The van der Waals surface area contributed by atoms with Crippen molar-refractivity contribution in [3.05, 3.63) is 160 Å². The van der Waals surface area contributed by atoms with Crippen LogP contribution in [0.4, 0.5) is 0 Å². The van der Waals surface area contributed by atoms with Crippen molar-refractivity contribution in [1.29, 1.82) is 0 Å². The summed E-state index contributed by atoms with van der Waals surface area (Å²) in [5.41, 5.74) is 5.35. The summed E-state index contributed by atoms with van der Waals surface area (Å²) in [4.78, 5) is 23.1. The predicted octanol–water partition coefficient (Wildman–Crippen LogP) is -4.63. The Labute approximate surface area is 326 Å². The van der Waals surface area contributed by atoms with E-state index < -0.39 is 0 Å². The van der Waals surface area contributed by atoms with Crippen LogP contribution in [0.25, 0.3) is 45.3 Å². The Morgan fingerprint density at radius 2 is 0.938 bits per heavy atom. The van der Waals surface area contributed by atoms with Gasteiger partial charge < -0.3 is 37.6 Å². The SMILES string of the molecule is [Li+].[Li+].[Li+].[Li+].[c-]1nc(-c2ccccn2)co1.[c-]1nc(-c2ccncc2)co1.[c-]1ncc(-c2ccccc2)o1.[c-]1ncc(-c2ccccc2)o1. The van der Waals surface area contributed by atoms with Gasteiger partial charge in [-0.15, -0.1) is 0 Å². The fourth-order valence-corrected chi connectivity index (χ4v) is 3.50. The molecule has 0 fully saturated rings. The average molecular weight is 606 g/mol. The van der Waals surface area contributed by atoms with Gasteiger partial charge in [0, 0.05) is 24.3 Å². The first-order valence-electron chi connectivity index (χ1n) is 13.1. The molecule has 0 aliphatic carbocycles. The molecule has 0 unspecified atom stereocenters. The molecule has 0 saturated heterocycles. The Balaban J connectivity index is 0.000000311. The van der Waals surface area contributed by atoms with Crippen molar-refractivity contribution >= 4 is 0 Å². The quantitative estimate of drug-likeness (QED) is 0.143. The molecule has 0 amide bonds. The summed E-state index contributed by atoms with van der Waals surface area (Å²) in [7, 11) is 0. The standard InChI is InChI=1S/2C9H6NO.2C8H5N2O.4Li/c2*1-2-4-8(5-3-1)9-6-10-7-11-9;1-3-9-4-2-7(1)8-5-11-6-10-8;1-2-4-9-7(3-1)8-5-11-6-10-8;;;;/h2*1-6H;2*1-5H;;;;/q4*-1;4*+1. The van der Waals surface area contributed by atoms with E-state index in [-0.39, 0.29) is 75.4 Å². The maximum absolute atomic E-state index is 4.98. The molecule has 0 N–H and O–H groups in total. The van der Waals surface area contributed by atoms with Crippen LogP contribution in [0.2, 0.25) is 0 Å². The van der Waals surface area contributed by atoms with Crippen LogP contribution < -0.4 is 75.4 Å². The second kappa shape index (κ2) is 24.2. The zero-order chi connectivity index (χ0) is 30.1. The van der Waals surface area contributed by atoms with E-state index in [2.05, 4.69) is 55.5 Å². The summed E-state index contributed by atoms with van der Waals surface area (Å²) in [5, 5.41) is 0. The second-order valence-electron chi connectivity index (χ2n) is 8.46. The minimum atomic E-state index is 0. The molecule has 0 aliphatic heterocycles. The fourth-order valence-electron chi connectivity index (χ4n) is 3.50. The van der Waals surface area contributed by atoms with E-state index in [0.29, 0.717) is 5.69 Å². The molecule has 0 saturated carbocycles. The molecule has 216 valence electrons. The van der Waals surface area contributed by atoms with Gasteiger partial charge in [-0.25, -0.2) is 0 Å². The van der Waals surface area contributed by atoms with Crippen molar-refractivity contribution in [3.8, 4) is 45.3 Å². The number of oxazole rings is 4. The Kier molecular flexibility index (Phi) is 21.1. The third-order valence-corrected chi connectivity index (χ3v) is 5.58. The third-order valence-electron chi connectivity index (χ3n) is 5.58. The van der Waals surface area contributed by atoms with E-state index in [4.69, 9.17) is 17.7 Å². The molecule has 0 aliphatic rings. The van der Waals surface area contributed by atoms with Crippen molar-refractivity contribution in [3.63, 3.8) is 0 Å². The van der Waals surface area contributed by atoms with Gasteiger partial charge in [0.2, 0.25) is 0 Å². The Bertz CT molecular complexity index is 1550. The maximum Gasteiger partial charge on any atom is 1.00 e. The van der Waals surface area contributed by atoms with Crippen LogP contribution in [0.3, 0.4) is 0 Å². The summed E-state index contributed by atoms with van der Waals surface area (Å²) in [6.45, 7) is 0. The number of benzene rings is 2. The summed E-state index contributed by atoms with van der Waals surface area (Å²) >= 11 is 0. The van der Waals surface area contributed by atoms with Gasteiger partial charge in [0.1, 0.15) is 25.6 Å².